The molecule has 0 bridgehead atoms. The van der Waals surface area contributed by atoms with Gasteiger partial charge in [0.1, 0.15) is 5.76 Å². The van der Waals surface area contributed by atoms with Gasteiger partial charge in [-0.1, -0.05) is 11.2 Å². The normalized spacial score (nSPS) is 15.3. The number of carbonyl (C=O) groups excluding carboxylic acids is 2. The molecule has 1 aromatic carbocycles. The van der Waals surface area contributed by atoms with Gasteiger partial charge in [-0.25, -0.2) is 0 Å². The molecule has 0 aliphatic carbocycles. The second-order valence-corrected chi connectivity index (χ2v) is 8.95. The molecule has 0 unspecified atom stereocenters. The first kappa shape index (κ1) is 18.8. The quantitative estimate of drug-likeness (QED) is 0.426. The van der Waals surface area contributed by atoms with Gasteiger partial charge >= 0.3 is 0 Å². The van der Waals surface area contributed by atoms with Crippen LogP contribution in [0.5, 0.6) is 0 Å². The van der Waals surface area contributed by atoms with Crippen molar-refractivity contribution in [2.24, 2.45) is 0 Å². The molecule has 1 fully saturated rings. The lowest BCUT2D eigenvalue weighted by Crippen LogP contribution is -2.17. The Morgan fingerprint density at radius 3 is 2.63 bits per heavy atom. The third-order valence-corrected chi connectivity index (χ3v) is 6.80. The highest BCUT2D eigenvalue weighted by Crippen LogP contribution is 2.39. The highest BCUT2D eigenvalue weighted by molar-refractivity contribution is 8.18. The third kappa shape index (κ3) is 3.24. The molecule has 0 atom stereocenters. The Labute approximate surface area is 180 Å². The number of thiophene rings is 1. The Bertz CT molecular complexity index is 1350. The fourth-order valence-electron chi connectivity index (χ4n) is 3.49. The van der Waals surface area contributed by atoms with Crippen LogP contribution in [0.1, 0.15) is 17.0 Å². The predicted molar refractivity (Wildman–Crippen MR) is 119 cm³/mol. The average molecular weight is 434 g/mol. The maximum atomic E-state index is 11.9. The zero-order chi connectivity index (χ0) is 20.8. The first-order valence-corrected chi connectivity index (χ1v) is 10.8. The smallest absolute Gasteiger partial charge is 0.290 e. The van der Waals surface area contributed by atoms with Crippen LogP contribution in [0.3, 0.4) is 0 Å². The van der Waals surface area contributed by atoms with Crippen LogP contribution in [0.4, 0.5) is 4.79 Å². The van der Waals surface area contributed by atoms with Crippen LogP contribution < -0.4 is 5.32 Å². The zero-order valence-electron chi connectivity index (χ0n) is 16.1. The van der Waals surface area contributed by atoms with Crippen LogP contribution in [0, 0.1) is 13.8 Å². The third-order valence-electron chi connectivity index (χ3n) is 4.86. The van der Waals surface area contributed by atoms with Crippen molar-refractivity contribution in [3.05, 3.63) is 64.5 Å². The fraction of sp³-hybridized carbons (Fsp3) is 0.0909. The number of amides is 2. The number of carbonyl (C=O) groups is 2. The molecule has 1 aliphatic rings. The Balaban J connectivity index is 1.59. The summed E-state index contributed by atoms with van der Waals surface area (Å²) in [5.74, 6) is 0.440. The fourth-order valence-corrected chi connectivity index (χ4v) is 5.37. The van der Waals surface area contributed by atoms with E-state index in [2.05, 4.69) is 27.6 Å². The Hall–Kier alpha value is -3.23. The van der Waals surface area contributed by atoms with Crippen molar-refractivity contribution in [3.8, 4) is 20.9 Å². The monoisotopic (exact) mass is 433 g/mol. The van der Waals surface area contributed by atoms with Gasteiger partial charge in [-0.3, -0.25) is 19.9 Å². The minimum absolute atomic E-state index is 0.347. The van der Waals surface area contributed by atoms with Crippen molar-refractivity contribution in [1.82, 2.24) is 15.5 Å². The van der Waals surface area contributed by atoms with E-state index in [1.165, 1.54) is 0 Å². The molecule has 1 saturated heterocycles. The largest absolute Gasteiger partial charge is 0.361 e. The maximum absolute atomic E-state index is 11.9. The molecule has 0 spiro atoms. The highest BCUT2D eigenvalue weighted by Gasteiger charge is 2.25. The number of aryl methyl sites for hydroxylation is 2. The molecule has 8 heteroatoms. The summed E-state index contributed by atoms with van der Waals surface area (Å²) < 4.78 is 5.31. The average Bonchev–Trinajstić information content (AvgIpc) is 3.41. The number of nitrogens with one attached hydrogen (secondary N) is 1. The van der Waals surface area contributed by atoms with E-state index >= 15 is 0 Å². The molecule has 2 amide bonds. The molecule has 0 radical (unpaired) electrons. The van der Waals surface area contributed by atoms with E-state index in [9.17, 15) is 9.59 Å². The molecular weight excluding hydrogens is 418 g/mol. The number of hydrogen-bond acceptors (Lipinski definition) is 7. The molecule has 30 heavy (non-hydrogen) atoms. The number of pyridine rings is 1. The van der Waals surface area contributed by atoms with Crippen molar-refractivity contribution < 1.29 is 14.1 Å². The highest BCUT2D eigenvalue weighted by atomic mass is 32.2. The first-order chi connectivity index (χ1) is 14.5. The number of aromatic nitrogens is 2. The number of rotatable bonds is 3. The predicted octanol–water partition coefficient (Wildman–Crippen LogP) is 5.56. The van der Waals surface area contributed by atoms with Gasteiger partial charge in [-0.05, 0) is 67.6 Å². The molecule has 3 aromatic heterocycles. The SMILES string of the molecule is Cc1noc(C)c1-c1ccc(-c2ccnc3ccc(/C=C4\SC(=O)NC4=O)cc23)s1. The molecule has 1 aliphatic heterocycles. The van der Waals surface area contributed by atoms with Crippen molar-refractivity contribution in [2.45, 2.75) is 13.8 Å². The van der Waals surface area contributed by atoms with Gasteiger partial charge < -0.3 is 4.52 Å². The lowest BCUT2D eigenvalue weighted by Gasteiger charge is -2.06. The topological polar surface area (TPSA) is 85.1 Å². The first-order valence-electron chi connectivity index (χ1n) is 9.16. The number of benzene rings is 1. The van der Waals surface area contributed by atoms with Crippen molar-refractivity contribution >= 4 is 51.2 Å². The van der Waals surface area contributed by atoms with Crippen molar-refractivity contribution in [1.29, 1.82) is 0 Å². The van der Waals surface area contributed by atoms with Gasteiger partial charge in [0.15, 0.2) is 0 Å². The van der Waals surface area contributed by atoms with Gasteiger partial charge in [-0.15, -0.1) is 11.3 Å². The molecule has 4 aromatic rings. The number of imide groups is 1. The summed E-state index contributed by atoms with van der Waals surface area (Å²) in [5.41, 5.74) is 4.66. The summed E-state index contributed by atoms with van der Waals surface area (Å²) in [4.78, 5) is 30.4. The Morgan fingerprint density at radius 2 is 1.90 bits per heavy atom. The Kier molecular flexibility index (Phi) is 4.52. The van der Waals surface area contributed by atoms with Crippen molar-refractivity contribution in [2.75, 3.05) is 0 Å². The molecule has 148 valence electrons. The lowest BCUT2D eigenvalue weighted by atomic mass is 10.0. The Morgan fingerprint density at radius 1 is 1.07 bits per heavy atom. The van der Waals surface area contributed by atoms with E-state index in [-0.39, 0.29) is 11.1 Å². The van der Waals surface area contributed by atoms with Crippen LogP contribution >= 0.6 is 23.1 Å². The zero-order valence-corrected chi connectivity index (χ0v) is 17.7. The van der Waals surface area contributed by atoms with Crippen LogP contribution in [-0.4, -0.2) is 21.3 Å². The van der Waals surface area contributed by atoms with Gasteiger partial charge in [0.2, 0.25) is 0 Å². The summed E-state index contributed by atoms with van der Waals surface area (Å²) >= 11 is 2.58. The van der Waals surface area contributed by atoms with Gasteiger partial charge in [0.25, 0.3) is 11.1 Å². The second kappa shape index (κ2) is 7.23. The summed E-state index contributed by atoms with van der Waals surface area (Å²) in [6.07, 6.45) is 3.52. The molecule has 4 heterocycles. The van der Waals surface area contributed by atoms with Crippen LogP contribution in [-0.2, 0) is 4.79 Å². The van der Waals surface area contributed by atoms with E-state index in [0.29, 0.717) is 4.91 Å². The molecule has 1 N–H and O–H groups in total. The van der Waals surface area contributed by atoms with E-state index in [1.54, 1.807) is 23.6 Å². The van der Waals surface area contributed by atoms with Crippen molar-refractivity contribution in [3.63, 3.8) is 0 Å². The second-order valence-electron chi connectivity index (χ2n) is 6.85. The number of thioether (sulfide) groups is 1. The summed E-state index contributed by atoms with van der Waals surface area (Å²) in [7, 11) is 0. The summed E-state index contributed by atoms with van der Waals surface area (Å²) in [5, 5.41) is 6.97. The summed E-state index contributed by atoms with van der Waals surface area (Å²) in [6.45, 7) is 3.85. The number of fused-ring (bicyclic) bond motifs is 1. The minimum Gasteiger partial charge on any atom is -0.361 e. The van der Waals surface area contributed by atoms with Gasteiger partial charge in [0.05, 0.1) is 21.7 Å². The van der Waals surface area contributed by atoms with Crippen LogP contribution in [0.15, 0.2) is 52.0 Å². The minimum atomic E-state index is -0.362. The van der Waals surface area contributed by atoms with Gasteiger partial charge in [0, 0.05) is 26.9 Å². The molecule has 6 nitrogen and oxygen atoms in total. The maximum Gasteiger partial charge on any atom is 0.290 e. The number of nitrogens with zero attached hydrogens (tertiary/aromatic N) is 2. The standard InChI is InChI=1S/C22H15N3O3S2/c1-11-20(12(2)28-25-11)18-6-5-17(29-18)14-7-8-23-16-4-3-13(9-15(14)16)10-19-21(26)24-22(27)30-19/h3-10H,1-2H3,(H,24,26,27)/b19-10-. The van der Waals surface area contributed by atoms with Gasteiger partial charge in [-0.2, -0.15) is 0 Å². The van der Waals surface area contributed by atoms with Crippen LogP contribution in [0.2, 0.25) is 0 Å². The van der Waals surface area contributed by atoms with E-state index in [0.717, 1.165) is 60.6 Å². The van der Waals surface area contributed by atoms with E-state index in [4.69, 9.17) is 4.52 Å². The molecule has 5 rings (SSSR count). The molecular formula is C22H15N3O3S2. The molecule has 0 saturated carbocycles. The lowest BCUT2D eigenvalue weighted by molar-refractivity contribution is -0.115. The van der Waals surface area contributed by atoms with Crippen LogP contribution in [0.25, 0.3) is 37.9 Å². The number of hydrogen-bond donors (Lipinski definition) is 1. The van der Waals surface area contributed by atoms with E-state index < -0.39 is 0 Å². The summed E-state index contributed by atoms with van der Waals surface area (Å²) in [6, 6.07) is 12.0. The van der Waals surface area contributed by atoms with E-state index in [1.807, 2.05) is 38.1 Å².